The monoisotopic (exact) mass is 793 g/mol. The number of allylic oxidation sites excluding steroid dienone is 1. The van der Waals surface area contributed by atoms with Crippen molar-refractivity contribution in [1.29, 1.82) is 0 Å². The van der Waals surface area contributed by atoms with Gasteiger partial charge in [-0.25, -0.2) is 0 Å². The SMILES string of the molecule is Cc1ccc2c3c(ccc2c1)-c1ccccc1-c1ccc(-c2ccccc2N(c2ccccc2)c2ccc4c(c2)Cc2ccccc2-4)cc1-c1ccc2c(c1CC3)C=CC(C)C2. The van der Waals surface area contributed by atoms with Crippen LogP contribution in [0.2, 0.25) is 0 Å². The molecule has 3 aliphatic rings. The van der Waals surface area contributed by atoms with Crippen LogP contribution in [0.15, 0.2) is 188 Å². The van der Waals surface area contributed by atoms with Crippen LogP contribution in [0.5, 0.6) is 0 Å². The van der Waals surface area contributed by atoms with Crippen LogP contribution in [0.1, 0.15) is 45.9 Å². The largest absolute Gasteiger partial charge is 0.310 e. The summed E-state index contributed by atoms with van der Waals surface area (Å²) < 4.78 is 0. The lowest BCUT2D eigenvalue weighted by molar-refractivity contribution is 0.715. The van der Waals surface area contributed by atoms with E-state index in [-0.39, 0.29) is 0 Å². The molecular formula is C61H47N. The molecule has 0 radical (unpaired) electrons. The zero-order valence-corrected chi connectivity index (χ0v) is 35.3. The van der Waals surface area contributed by atoms with Crippen molar-refractivity contribution in [2.75, 3.05) is 4.90 Å². The van der Waals surface area contributed by atoms with Crippen molar-refractivity contribution in [3.63, 3.8) is 0 Å². The normalized spacial score (nSPS) is 14.5. The number of anilines is 3. The van der Waals surface area contributed by atoms with Gasteiger partial charge in [0.2, 0.25) is 0 Å². The molecular weight excluding hydrogens is 747 g/mol. The van der Waals surface area contributed by atoms with Gasteiger partial charge in [0.05, 0.1) is 5.69 Å². The van der Waals surface area contributed by atoms with E-state index in [0.717, 1.165) is 37.1 Å². The predicted molar refractivity (Wildman–Crippen MR) is 263 cm³/mol. The van der Waals surface area contributed by atoms with Crippen molar-refractivity contribution < 1.29 is 0 Å². The van der Waals surface area contributed by atoms with Gasteiger partial charge in [-0.3, -0.25) is 0 Å². The smallest absolute Gasteiger partial charge is 0.0540 e. The Hall–Kier alpha value is -7.22. The highest BCUT2D eigenvalue weighted by atomic mass is 15.1. The number of para-hydroxylation sites is 2. The molecule has 3 aliphatic carbocycles. The van der Waals surface area contributed by atoms with E-state index in [1.165, 1.54) is 111 Å². The summed E-state index contributed by atoms with van der Waals surface area (Å²) in [4.78, 5) is 2.46. The van der Waals surface area contributed by atoms with Gasteiger partial charge in [0.25, 0.3) is 0 Å². The van der Waals surface area contributed by atoms with Crippen LogP contribution in [0.4, 0.5) is 17.1 Å². The van der Waals surface area contributed by atoms with Crippen LogP contribution in [0.3, 0.4) is 0 Å². The third kappa shape index (κ3) is 6.06. The second kappa shape index (κ2) is 14.8. The van der Waals surface area contributed by atoms with E-state index in [1.54, 1.807) is 0 Å². The van der Waals surface area contributed by atoms with Crippen LogP contribution in [-0.2, 0) is 25.7 Å². The van der Waals surface area contributed by atoms with Gasteiger partial charge in [0.15, 0.2) is 0 Å². The minimum absolute atomic E-state index is 0.531. The topological polar surface area (TPSA) is 3.24 Å². The zero-order valence-electron chi connectivity index (χ0n) is 35.3. The van der Waals surface area contributed by atoms with E-state index in [1.807, 2.05) is 0 Å². The van der Waals surface area contributed by atoms with Gasteiger partial charge in [-0.15, -0.1) is 0 Å². The maximum absolute atomic E-state index is 2.50. The molecule has 1 unspecified atom stereocenters. The summed E-state index contributed by atoms with van der Waals surface area (Å²) >= 11 is 0. The van der Waals surface area contributed by atoms with Crippen LogP contribution in [0.25, 0.3) is 72.5 Å². The number of nitrogens with zero attached hydrogens (tertiary/aromatic N) is 1. The summed E-state index contributed by atoms with van der Waals surface area (Å²) in [6, 6.07) is 68.8. The fraction of sp³-hybridized carbons (Fsp3) is 0.115. The highest BCUT2D eigenvalue weighted by Crippen LogP contribution is 2.49. The average Bonchev–Trinajstić information content (AvgIpc) is 3.69. The number of aryl methyl sites for hydroxylation is 2. The van der Waals surface area contributed by atoms with Crippen LogP contribution in [-0.4, -0.2) is 0 Å². The van der Waals surface area contributed by atoms with Crippen molar-refractivity contribution in [3.05, 3.63) is 227 Å². The summed E-state index contributed by atoms with van der Waals surface area (Å²) in [5, 5.41) is 2.68. The number of benzene rings is 9. The fourth-order valence-corrected chi connectivity index (χ4v) is 10.9. The molecule has 0 saturated carbocycles. The van der Waals surface area contributed by atoms with Crippen molar-refractivity contribution in [1.82, 2.24) is 0 Å². The molecule has 12 rings (SSSR count). The average molecular weight is 794 g/mol. The molecule has 0 bridgehead atoms. The number of rotatable bonds is 4. The molecule has 0 N–H and O–H groups in total. The van der Waals surface area contributed by atoms with Gasteiger partial charge in [0, 0.05) is 16.9 Å². The first-order valence-corrected chi connectivity index (χ1v) is 22.3. The van der Waals surface area contributed by atoms with E-state index in [9.17, 15) is 0 Å². The molecule has 1 atom stereocenters. The van der Waals surface area contributed by atoms with Crippen molar-refractivity contribution in [3.8, 4) is 55.6 Å². The van der Waals surface area contributed by atoms with Gasteiger partial charge in [-0.05, 0) is 169 Å². The molecule has 9 aromatic carbocycles. The molecule has 1 nitrogen and oxygen atoms in total. The summed E-state index contributed by atoms with van der Waals surface area (Å²) in [6.07, 6.45) is 8.81. The molecule has 0 spiro atoms. The Kier molecular flexibility index (Phi) is 8.71. The van der Waals surface area contributed by atoms with E-state index < -0.39 is 0 Å². The molecule has 0 aliphatic heterocycles. The van der Waals surface area contributed by atoms with E-state index in [2.05, 4.69) is 213 Å². The van der Waals surface area contributed by atoms with Gasteiger partial charge in [-0.2, -0.15) is 0 Å². The van der Waals surface area contributed by atoms with Crippen LogP contribution in [0, 0.1) is 12.8 Å². The number of hydrogen-bond acceptors (Lipinski definition) is 1. The van der Waals surface area contributed by atoms with E-state index >= 15 is 0 Å². The Morgan fingerprint density at radius 1 is 0.452 bits per heavy atom. The Morgan fingerprint density at radius 3 is 1.98 bits per heavy atom. The molecule has 0 saturated heterocycles. The molecule has 62 heavy (non-hydrogen) atoms. The minimum Gasteiger partial charge on any atom is -0.310 e. The minimum atomic E-state index is 0.531. The molecule has 0 heterocycles. The zero-order chi connectivity index (χ0) is 41.3. The number of fused-ring (bicyclic) bond motifs is 14. The highest BCUT2D eigenvalue weighted by Gasteiger charge is 2.26. The summed E-state index contributed by atoms with van der Waals surface area (Å²) in [7, 11) is 0. The standard InChI is InChI=1S/C61H47N/c1-39-20-26-49-42(34-39)22-28-57-53-17-8-9-18-54(53)58-30-24-44(38-60(58)59-29-23-43-35-40(2)21-27-50(43)56(59)33-32-55(49)57)52-16-10-11-19-61(52)62(46-13-4-3-5-14-46)47-25-31-51-45(37-47)36-41-12-6-7-15-48(41)51/h3-31,34,37-38,40H,32-33,35-36H2,1-2H3. The molecule has 0 aromatic heterocycles. The second-order valence-electron chi connectivity index (χ2n) is 17.7. The summed E-state index contributed by atoms with van der Waals surface area (Å²) in [6.45, 7) is 4.54. The summed E-state index contributed by atoms with van der Waals surface area (Å²) in [5.41, 5.74) is 26.2. The van der Waals surface area contributed by atoms with Gasteiger partial charge < -0.3 is 4.90 Å². The highest BCUT2D eigenvalue weighted by molar-refractivity contribution is 6.00. The quantitative estimate of drug-likeness (QED) is 0.172. The van der Waals surface area contributed by atoms with Gasteiger partial charge >= 0.3 is 0 Å². The van der Waals surface area contributed by atoms with Crippen molar-refractivity contribution in [2.24, 2.45) is 5.92 Å². The third-order valence-electron chi connectivity index (χ3n) is 13.8. The Labute approximate surface area is 365 Å². The Bertz CT molecular complexity index is 3270. The Morgan fingerprint density at radius 2 is 1.11 bits per heavy atom. The van der Waals surface area contributed by atoms with E-state index in [0.29, 0.717) is 5.92 Å². The molecule has 296 valence electrons. The van der Waals surface area contributed by atoms with Crippen LogP contribution >= 0.6 is 0 Å². The lowest BCUT2D eigenvalue weighted by Crippen LogP contribution is -2.11. The van der Waals surface area contributed by atoms with Crippen LogP contribution < -0.4 is 4.90 Å². The number of hydrogen-bond donors (Lipinski definition) is 0. The lowest BCUT2D eigenvalue weighted by atomic mass is 9.78. The maximum Gasteiger partial charge on any atom is 0.0540 e. The molecule has 0 amide bonds. The first-order valence-electron chi connectivity index (χ1n) is 22.3. The third-order valence-corrected chi connectivity index (χ3v) is 13.8. The van der Waals surface area contributed by atoms with Gasteiger partial charge in [-0.1, -0.05) is 170 Å². The fourth-order valence-electron chi connectivity index (χ4n) is 10.9. The second-order valence-corrected chi connectivity index (χ2v) is 17.7. The predicted octanol–water partition coefficient (Wildman–Crippen LogP) is 16.2. The van der Waals surface area contributed by atoms with Crippen molar-refractivity contribution >= 4 is 33.9 Å². The molecule has 0 fully saturated rings. The van der Waals surface area contributed by atoms with E-state index in [4.69, 9.17) is 0 Å². The molecule has 9 aromatic rings. The van der Waals surface area contributed by atoms with Crippen molar-refractivity contribution in [2.45, 2.75) is 39.5 Å². The van der Waals surface area contributed by atoms with Gasteiger partial charge in [0.1, 0.15) is 0 Å². The first kappa shape index (κ1) is 36.6. The first-order chi connectivity index (χ1) is 30.6. The maximum atomic E-state index is 2.50. The molecule has 1 heteroatoms. The Balaban J connectivity index is 1.08. The lowest BCUT2D eigenvalue weighted by Gasteiger charge is -2.29. The summed E-state index contributed by atoms with van der Waals surface area (Å²) in [5.74, 6) is 0.531.